The summed E-state index contributed by atoms with van der Waals surface area (Å²) < 4.78 is 0. The lowest BCUT2D eigenvalue weighted by Gasteiger charge is -2.14. The minimum Gasteiger partial charge on any atom is -0.349 e. The van der Waals surface area contributed by atoms with Gasteiger partial charge in [-0.25, -0.2) is 0 Å². The molecule has 5 heteroatoms. The van der Waals surface area contributed by atoms with Crippen molar-refractivity contribution in [3.8, 4) is 0 Å². The van der Waals surface area contributed by atoms with Gasteiger partial charge in [-0.2, -0.15) is 0 Å². The molecule has 2 rings (SSSR count). The molecule has 0 aliphatic carbocycles. The SMILES string of the molecule is CC(C)c1ccc(C(N)CNC(=O)c2cccs2)cc1.Cl. The van der Waals surface area contributed by atoms with E-state index >= 15 is 0 Å². The monoisotopic (exact) mass is 324 g/mol. The molecule has 0 aliphatic heterocycles. The topological polar surface area (TPSA) is 55.1 Å². The Labute approximate surface area is 136 Å². The van der Waals surface area contributed by atoms with Gasteiger partial charge in [-0.3, -0.25) is 4.79 Å². The molecule has 3 N–H and O–H groups in total. The van der Waals surface area contributed by atoms with Crippen molar-refractivity contribution in [2.75, 3.05) is 6.54 Å². The minimum atomic E-state index is -0.180. The van der Waals surface area contributed by atoms with Crippen LogP contribution in [0.5, 0.6) is 0 Å². The van der Waals surface area contributed by atoms with Crippen molar-refractivity contribution in [3.63, 3.8) is 0 Å². The molecule has 1 aromatic carbocycles. The smallest absolute Gasteiger partial charge is 0.261 e. The van der Waals surface area contributed by atoms with Crippen LogP contribution >= 0.6 is 23.7 Å². The van der Waals surface area contributed by atoms with Crippen LogP contribution in [0.2, 0.25) is 0 Å². The molecule has 1 heterocycles. The molecule has 2 aromatic rings. The maximum atomic E-state index is 11.8. The van der Waals surface area contributed by atoms with Gasteiger partial charge in [0.2, 0.25) is 0 Å². The summed E-state index contributed by atoms with van der Waals surface area (Å²) in [4.78, 5) is 12.5. The second kappa shape index (κ2) is 8.17. The highest BCUT2D eigenvalue weighted by Gasteiger charge is 2.10. The van der Waals surface area contributed by atoms with Crippen LogP contribution in [0.4, 0.5) is 0 Å². The van der Waals surface area contributed by atoms with Gasteiger partial charge in [0.15, 0.2) is 0 Å². The first-order valence-electron chi connectivity index (χ1n) is 6.75. The first-order chi connectivity index (χ1) is 9.58. The van der Waals surface area contributed by atoms with Crippen LogP contribution in [0.1, 0.15) is 46.6 Å². The highest BCUT2D eigenvalue weighted by atomic mass is 35.5. The van der Waals surface area contributed by atoms with Gasteiger partial charge in [-0.1, -0.05) is 44.2 Å². The Kier molecular flexibility index (Phi) is 6.89. The Morgan fingerprint density at radius 2 is 1.81 bits per heavy atom. The molecule has 0 saturated heterocycles. The molecule has 1 atom stereocenters. The highest BCUT2D eigenvalue weighted by molar-refractivity contribution is 7.12. The molecular formula is C16H21ClN2OS. The molecule has 1 amide bonds. The quantitative estimate of drug-likeness (QED) is 0.880. The van der Waals surface area contributed by atoms with E-state index in [0.29, 0.717) is 17.3 Å². The lowest BCUT2D eigenvalue weighted by Crippen LogP contribution is -2.31. The fraction of sp³-hybridized carbons (Fsp3) is 0.312. The summed E-state index contributed by atoms with van der Waals surface area (Å²) in [5.74, 6) is 0.452. The number of amides is 1. The number of hydrogen-bond acceptors (Lipinski definition) is 3. The van der Waals surface area contributed by atoms with Crippen LogP contribution in [0.3, 0.4) is 0 Å². The van der Waals surface area contributed by atoms with Crippen molar-refractivity contribution in [1.82, 2.24) is 5.32 Å². The zero-order valence-electron chi connectivity index (χ0n) is 12.2. The molecule has 0 fully saturated rings. The van der Waals surface area contributed by atoms with Crippen LogP contribution in [0.25, 0.3) is 0 Å². The van der Waals surface area contributed by atoms with Gasteiger partial charge >= 0.3 is 0 Å². The van der Waals surface area contributed by atoms with E-state index in [1.54, 1.807) is 0 Å². The van der Waals surface area contributed by atoms with Gasteiger partial charge in [0.1, 0.15) is 0 Å². The molecule has 114 valence electrons. The Bertz CT molecular complexity index is 552. The van der Waals surface area contributed by atoms with E-state index in [0.717, 1.165) is 5.56 Å². The molecule has 1 aromatic heterocycles. The molecule has 0 radical (unpaired) electrons. The number of thiophene rings is 1. The van der Waals surface area contributed by atoms with E-state index < -0.39 is 0 Å². The number of hydrogen-bond donors (Lipinski definition) is 2. The third kappa shape index (κ3) is 4.84. The maximum Gasteiger partial charge on any atom is 0.261 e. The summed E-state index contributed by atoms with van der Waals surface area (Å²) in [6.45, 7) is 4.77. The Morgan fingerprint density at radius 1 is 1.19 bits per heavy atom. The molecule has 0 aliphatic rings. The average Bonchev–Trinajstić information content (AvgIpc) is 2.98. The van der Waals surface area contributed by atoms with Crippen LogP contribution in [0.15, 0.2) is 41.8 Å². The second-order valence-corrected chi connectivity index (χ2v) is 6.06. The molecule has 1 unspecified atom stereocenters. The van der Waals surface area contributed by atoms with Gasteiger partial charge in [0.05, 0.1) is 4.88 Å². The Hall–Kier alpha value is -1.36. The number of nitrogens with one attached hydrogen (secondary N) is 1. The molecule has 21 heavy (non-hydrogen) atoms. The number of carbonyl (C=O) groups excluding carboxylic acids is 1. The first-order valence-corrected chi connectivity index (χ1v) is 7.63. The van der Waals surface area contributed by atoms with E-state index in [-0.39, 0.29) is 24.4 Å². The third-order valence-electron chi connectivity index (χ3n) is 3.26. The summed E-state index contributed by atoms with van der Waals surface area (Å²) in [5, 5.41) is 4.76. The largest absolute Gasteiger partial charge is 0.349 e. The number of halogens is 1. The Balaban J connectivity index is 0.00000220. The predicted molar refractivity (Wildman–Crippen MR) is 91.4 cm³/mol. The van der Waals surface area contributed by atoms with Crippen LogP contribution in [-0.2, 0) is 0 Å². The summed E-state index contributed by atoms with van der Waals surface area (Å²) in [6, 6.07) is 11.8. The van der Waals surface area contributed by atoms with Gasteiger partial charge in [-0.15, -0.1) is 23.7 Å². The van der Waals surface area contributed by atoms with Gasteiger partial charge in [0, 0.05) is 12.6 Å². The number of benzene rings is 1. The minimum absolute atomic E-state index is 0. The van der Waals surface area contributed by atoms with Crippen molar-refractivity contribution in [2.24, 2.45) is 5.73 Å². The molecule has 0 spiro atoms. The lowest BCUT2D eigenvalue weighted by molar-refractivity contribution is 0.0955. The fourth-order valence-electron chi connectivity index (χ4n) is 1.94. The number of nitrogens with two attached hydrogens (primary N) is 1. The Morgan fingerprint density at radius 3 is 2.33 bits per heavy atom. The van der Waals surface area contributed by atoms with E-state index in [2.05, 4.69) is 31.3 Å². The van der Waals surface area contributed by atoms with Crippen LogP contribution in [-0.4, -0.2) is 12.5 Å². The third-order valence-corrected chi connectivity index (χ3v) is 4.13. The van der Waals surface area contributed by atoms with Gasteiger partial charge in [0.25, 0.3) is 5.91 Å². The molecular weight excluding hydrogens is 304 g/mol. The number of carbonyl (C=O) groups is 1. The van der Waals surface area contributed by atoms with E-state index in [9.17, 15) is 4.79 Å². The van der Waals surface area contributed by atoms with Crippen molar-refractivity contribution in [2.45, 2.75) is 25.8 Å². The molecule has 0 bridgehead atoms. The van der Waals surface area contributed by atoms with Crippen molar-refractivity contribution in [3.05, 3.63) is 57.8 Å². The van der Waals surface area contributed by atoms with E-state index in [1.807, 2.05) is 29.6 Å². The summed E-state index contributed by atoms with van der Waals surface area (Å²) >= 11 is 1.43. The van der Waals surface area contributed by atoms with E-state index in [1.165, 1.54) is 16.9 Å². The standard InChI is InChI=1S/C16H20N2OS.ClH/c1-11(2)12-5-7-13(8-6-12)14(17)10-18-16(19)15-4-3-9-20-15;/h3-9,11,14H,10,17H2,1-2H3,(H,18,19);1H. The first kappa shape index (κ1) is 17.7. The molecule has 3 nitrogen and oxygen atoms in total. The lowest BCUT2D eigenvalue weighted by atomic mass is 9.99. The van der Waals surface area contributed by atoms with Crippen molar-refractivity contribution in [1.29, 1.82) is 0 Å². The van der Waals surface area contributed by atoms with E-state index in [4.69, 9.17) is 5.73 Å². The zero-order valence-corrected chi connectivity index (χ0v) is 13.8. The maximum absolute atomic E-state index is 11.8. The fourth-order valence-corrected chi connectivity index (χ4v) is 2.58. The highest BCUT2D eigenvalue weighted by Crippen LogP contribution is 2.17. The van der Waals surface area contributed by atoms with Crippen LogP contribution < -0.4 is 11.1 Å². The van der Waals surface area contributed by atoms with Gasteiger partial charge in [-0.05, 0) is 28.5 Å². The average molecular weight is 325 g/mol. The normalized spacial score (nSPS) is 11.8. The van der Waals surface area contributed by atoms with Crippen molar-refractivity contribution < 1.29 is 4.79 Å². The predicted octanol–water partition coefficient (Wildman–Crippen LogP) is 3.72. The second-order valence-electron chi connectivity index (χ2n) is 5.12. The number of rotatable bonds is 5. The van der Waals surface area contributed by atoms with Gasteiger partial charge < -0.3 is 11.1 Å². The van der Waals surface area contributed by atoms with Crippen molar-refractivity contribution >= 4 is 29.7 Å². The summed E-state index contributed by atoms with van der Waals surface area (Å²) in [7, 11) is 0. The zero-order chi connectivity index (χ0) is 14.5. The molecule has 0 saturated carbocycles. The summed E-state index contributed by atoms with van der Waals surface area (Å²) in [6.07, 6.45) is 0. The van der Waals surface area contributed by atoms with Crippen LogP contribution in [0, 0.1) is 0 Å². The summed E-state index contributed by atoms with van der Waals surface area (Å²) in [5.41, 5.74) is 8.45.